The highest BCUT2D eigenvalue weighted by Gasteiger charge is 2.14. The minimum atomic E-state index is -3.15. The second-order valence-electron chi connectivity index (χ2n) is 3.12. The highest BCUT2D eigenvalue weighted by Crippen LogP contribution is 2.21. The average Bonchev–Trinajstić information content (AvgIpc) is 2.48. The zero-order valence-electron chi connectivity index (χ0n) is 7.95. The topological polar surface area (TPSA) is 46.2 Å². The van der Waals surface area contributed by atoms with E-state index in [0.29, 0.717) is 6.54 Å². The third-order valence-electron chi connectivity index (χ3n) is 1.70. The summed E-state index contributed by atoms with van der Waals surface area (Å²) in [5.41, 5.74) is 0. The summed E-state index contributed by atoms with van der Waals surface area (Å²) in [7, 11) is -3.15. The Kier molecular flexibility index (Phi) is 4.12. The Balaban J connectivity index is 2.57. The molecule has 0 aliphatic heterocycles. The van der Waals surface area contributed by atoms with E-state index in [0.717, 1.165) is 8.66 Å². The van der Waals surface area contributed by atoms with Crippen molar-refractivity contribution >= 4 is 37.3 Å². The molecule has 0 aromatic carbocycles. The molecular formula is C8H12BrNO2S2. The van der Waals surface area contributed by atoms with E-state index in [1.165, 1.54) is 11.3 Å². The zero-order chi connectivity index (χ0) is 10.8. The van der Waals surface area contributed by atoms with Gasteiger partial charge in [-0.2, -0.15) is 0 Å². The molecule has 0 fully saturated rings. The van der Waals surface area contributed by atoms with Gasteiger partial charge >= 0.3 is 0 Å². The first-order valence-electron chi connectivity index (χ1n) is 4.14. The summed E-state index contributed by atoms with van der Waals surface area (Å²) < 4.78 is 26.3. The van der Waals surface area contributed by atoms with Crippen molar-refractivity contribution in [2.45, 2.75) is 25.6 Å². The lowest BCUT2D eigenvalue weighted by Gasteiger charge is -2.07. The largest absolute Gasteiger partial charge is 0.214 e. The highest BCUT2D eigenvalue weighted by atomic mass is 79.9. The normalized spacial score (nSPS) is 12.3. The Labute approximate surface area is 96.7 Å². The van der Waals surface area contributed by atoms with E-state index in [2.05, 4.69) is 20.7 Å². The van der Waals surface area contributed by atoms with Gasteiger partial charge in [-0.05, 0) is 41.9 Å². The van der Waals surface area contributed by atoms with E-state index in [-0.39, 0.29) is 5.25 Å². The number of hydrogen-bond donors (Lipinski definition) is 1. The van der Waals surface area contributed by atoms with Crippen molar-refractivity contribution in [3.63, 3.8) is 0 Å². The monoisotopic (exact) mass is 297 g/mol. The van der Waals surface area contributed by atoms with E-state index >= 15 is 0 Å². The van der Waals surface area contributed by atoms with Crippen LogP contribution in [0, 0.1) is 0 Å². The maximum atomic E-state index is 11.4. The van der Waals surface area contributed by atoms with Gasteiger partial charge in [0.1, 0.15) is 0 Å². The number of sulfonamides is 1. The van der Waals surface area contributed by atoms with Crippen molar-refractivity contribution in [1.82, 2.24) is 4.72 Å². The quantitative estimate of drug-likeness (QED) is 0.927. The fourth-order valence-corrected chi connectivity index (χ4v) is 2.99. The Bertz CT molecular complexity index is 397. The summed E-state index contributed by atoms with van der Waals surface area (Å²) in [6.45, 7) is 3.69. The van der Waals surface area contributed by atoms with Gasteiger partial charge in [0, 0.05) is 11.4 Å². The predicted molar refractivity (Wildman–Crippen MR) is 62.9 cm³/mol. The van der Waals surface area contributed by atoms with Crippen LogP contribution in [0.25, 0.3) is 0 Å². The highest BCUT2D eigenvalue weighted by molar-refractivity contribution is 9.11. The molecule has 1 heterocycles. The van der Waals surface area contributed by atoms with Crippen molar-refractivity contribution in [3.05, 3.63) is 20.8 Å². The summed E-state index contributed by atoms with van der Waals surface area (Å²) in [4.78, 5) is 1.00. The first-order chi connectivity index (χ1) is 6.42. The molecule has 0 aliphatic carbocycles. The summed E-state index contributed by atoms with van der Waals surface area (Å²) in [5, 5.41) is -0.383. The fourth-order valence-electron chi connectivity index (χ4n) is 0.785. The lowest BCUT2D eigenvalue weighted by molar-refractivity contribution is 0.572. The molecule has 0 unspecified atom stereocenters. The van der Waals surface area contributed by atoms with Crippen molar-refractivity contribution in [2.75, 3.05) is 0 Å². The molecule has 3 nitrogen and oxygen atoms in total. The van der Waals surface area contributed by atoms with Gasteiger partial charge in [0.15, 0.2) is 0 Å². The summed E-state index contributed by atoms with van der Waals surface area (Å²) >= 11 is 4.85. The van der Waals surface area contributed by atoms with Gasteiger partial charge in [-0.15, -0.1) is 11.3 Å². The number of halogens is 1. The van der Waals surface area contributed by atoms with Crippen LogP contribution in [0.5, 0.6) is 0 Å². The molecular weight excluding hydrogens is 286 g/mol. The second kappa shape index (κ2) is 4.74. The van der Waals surface area contributed by atoms with Gasteiger partial charge in [0.25, 0.3) is 0 Å². The molecule has 80 valence electrons. The number of thiophene rings is 1. The van der Waals surface area contributed by atoms with Gasteiger partial charge in [-0.1, -0.05) is 0 Å². The minimum Gasteiger partial charge on any atom is -0.212 e. The Morgan fingerprint density at radius 2 is 2.14 bits per heavy atom. The Hall–Kier alpha value is 0.0900. The lowest BCUT2D eigenvalue weighted by Crippen LogP contribution is -2.29. The van der Waals surface area contributed by atoms with Crippen LogP contribution in [-0.4, -0.2) is 13.7 Å². The van der Waals surface area contributed by atoms with Gasteiger partial charge < -0.3 is 0 Å². The van der Waals surface area contributed by atoms with E-state index in [1.807, 2.05) is 12.1 Å². The van der Waals surface area contributed by atoms with Crippen LogP contribution in [0.2, 0.25) is 0 Å². The zero-order valence-corrected chi connectivity index (χ0v) is 11.2. The lowest BCUT2D eigenvalue weighted by atomic mass is 10.5. The summed E-state index contributed by atoms with van der Waals surface area (Å²) in [5.74, 6) is 0. The first kappa shape index (κ1) is 12.2. The molecule has 0 aliphatic rings. The van der Waals surface area contributed by atoms with Gasteiger partial charge in [-0.3, -0.25) is 0 Å². The molecule has 0 atom stereocenters. The van der Waals surface area contributed by atoms with Gasteiger partial charge in [-0.25, -0.2) is 13.1 Å². The van der Waals surface area contributed by atoms with Crippen LogP contribution >= 0.6 is 27.3 Å². The van der Waals surface area contributed by atoms with Crippen LogP contribution in [0.4, 0.5) is 0 Å². The van der Waals surface area contributed by atoms with E-state index in [4.69, 9.17) is 0 Å². The third kappa shape index (κ3) is 3.34. The fraction of sp³-hybridized carbons (Fsp3) is 0.500. The average molecular weight is 298 g/mol. The molecule has 14 heavy (non-hydrogen) atoms. The van der Waals surface area contributed by atoms with Gasteiger partial charge in [0.2, 0.25) is 10.0 Å². The molecule has 0 amide bonds. The van der Waals surface area contributed by atoms with Crippen LogP contribution in [-0.2, 0) is 16.6 Å². The minimum absolute atomic E-state index is 0.372. The maximum absolute atomic E-state index is 11.4. The molecule has 0 spiro atoms. The maximum Gasteiger partial charge on any atom is 0.214 e. The van der Waals surface area contributed by atoms with Crippen molar-refractivity contribution in [1.29, 1.82) is 0 Å². The number of nitrogens with one attached hydrogen (secondary N) is 1. The molecule has 1 rings (SSSR count). The second-order valence-corrected chi connectivity index (χ2v) is 7.99. The molecule has 0 saturated heterocycles. The van der Waals surface area contributed by atoms with Gasteiger partial charge in [0.05, 0.1) is 9.04 Å². The molecule has 1 N–H and O–H groups in total. The van der Waals surface area contributed by atoms with Crippen LogP contribution in [0.15, 0.2) is 15.9 Å². The Morgan fingerprint density at radius 1 is 1.50 bits per heavy atom. The van der Waals surface area contributed by atoms with Crippen LogP contribution in [0.3, 0.4) is 0 Å². The molecule has 1 aromatic rings. The molecule has 0 bridgehead atoms. The number of rotatable bonds is 4. The van der Waals surface area contributed by atoms with Crippen molar-refractivity contribution in [2.24, 2.45) is 0 Å². The first-order valence-corrected chi connectivity index (χ1v) is 7.30. The van der Waals surface area contributed by atoms with Crippen LogP contribution in [0.1, 0.15) is 18.7 Å². The van der Waals surface area contributed by atoms with E-state index < -0.39 is 10.0 Å². The van der Waals surface area contributed by atoms with E-state index in [1.54, 1.807) is 13.8 Å². The molecule has 0 radical (unpaired) electrons. The van der Waals surface area contributed by atoms with Crippen molar-refractivity contribution < 1.29 is 8.42 Å². The third-order valence-corrected chi connectivity index (χ3v) is 5.11. The predicted octanol–water partition coefficient (Wildman–Crippen LogP) is 2.34. The SMILES string of the molecule is CC(C)S(=O)(=O)NCc1ccc(Br)s1. The summed E-state index contributed by atoms with van der Waals surface area (Å²) in [6.07, 6.45) is 0. The summed E-state index contributed by atoms with van der Waals surface area (Å²) in [6, 6.07) is 3.81. The van der Waals surface area contributed by atoms with E-state index in [9.17, 15) is 8.42 Å². The standard InChI is InChI=1S/C8H12BrNO2S2/c1-6(2)14(11,12)10-5-7-3-4-8(9)13-7/h3-4,6,10H,5H2,1-2H3. The van der Waals surface area contributed by atoms with Crippen LogP contribution < -0.4 is 4.72 Å². The molecule has 1 aromatic heterocycles. The van der Waals surface area contributed by atoms with Crippen molar-refractivity contribution in [3.8, 4) is 0 Å². The molecule has 6 heteroatoms. The smallest absolute Gasteiger partial charge is 0.212 e. The molecule has 0 saturated carbocycles. The number of hydrogen-bond acceptors (Lipinski definition) is 3. The Morgan fingerprint density at radius 3 is 2.57 bits per heavy atom.